The van der Waals surface area contributed by atoms with Gasteiger partial charge >= 0.3 is 39.0 Å². The van der Waals surface area contributed by atoms with Crippen LogP contribution in [0.2, 0.25) is 0 Å². The fourth-order valence-corrected chi connectivity index (χ4v) is 1.18. The molecule has 1 aromatic heterocycles. The third kappa shape index (κ3) is 13.1. The number of nitrogens with zero attached hydrogens (tertiary/aromatic N) is 1. The van der Waals surface area contributed by atoms with Crippen molar-refractivity contribution < 1.29 is 83.7 Å². The van der Waals surface area contributed by atoms with E-state index in [0.717, 1.165) is 6.08 Å². The number of hydrogen-bond donors (Lipinski definition) is 2. The second-order valence-electron chi connectivity index (χ2n) is 3.91. The number of aromatic amines is 1. The minimum Gasteiger partial charge on any atom is -0.550 e. The number of H-pyrrole nitrogens is 1. The van der Waals surface area contributed by atoms with Gasteiger partial charge in [-0.1, -0.05) is 0 Å². The van der Waals surface area contributed by atoms with E-state index in [1.807, 2.05) is 0 Å². The van der Waals surface area contributed by atoms with Crippen LogP contribution >= 0.6 is 0 Å². The van der Waals surface area contributed by atoms with Crippen LogP contribution in [0.15, 0.2) is 18.6 Å². The Hall–Kier alpha value is -1.96. The number of hydrogen-bond acceptors (Lipinski definition) is 10. The van der Waals surface area contributed by atoms with Crippen molar-refractivity contribution in [1.82, 2.24) is 9.97 Å². The molecule has 0 saturated heterocycles. The van der Waals surface area contributed by atoms with Gasteiger partial charge in [0, 0.05) is 24.1 Å². The molecule has 0 aliphatic rings. The second-order valence-corrected chi connectivity index (χ2v) is 3.91. The van der Waals surface area contributed by atoms with E-state index in [4.69, 9.17) is 5.11 Å². The summed E-state index contributed by atoms with van der Waals surface area (Å²) in [7, 11) is 0. The number of aliphatic hydroxyl groups is 1. The zero-order valence-corrected chi connectivity index (χ0v) is 18.7. The summed E-state index contributed by atoms with van der Waals surface area (Å²) in [5.74, 6) is -9.14. The molecule has 0 bridgehead atoms. The molecule has 25 heavy (non-hydrogen) atoms. The summed E-state index contributed by atoms with van der Waals surface area (Å²) in [5.41, 5.74) is 0.573. The van der Waals surface area contributed by atoms with Crippen molar-refractivity contribution in [2.45, 2.75) is 12.5 Å². The SMILES string of the molecule is O=C([O-])C=Cc1c[nH]cn1.O=C([O-])CC(C(=O)[O-])C(O)C(=O)[O-].[Zn+2].[Zn+2]. The molecule has 1 aromatic rings. The molecule has 0 fully saturated rings. The van der Waals surface area contributed by atoms with Gasteiger partial charge in [0.25, 0.3) is 0 Å². The predicted octanol–water partition coefficient (Wildman–Crippen LogP) is -6.23. The number of aliphatic carboxylic acids is 4. The molecule has 13 heteroatoms. The molecule has 2 unspecified atom stereocenters. The Balaban J connectivity index is -0.000000367. The normalized spacial score (nSPS) is 11.7. The first kappa shape index (κ1) is 27.9. The maximum atomic E-state index is 10.1. The van der Waals surface area contributed by atoms with E-state index >= 15 is 0 Å². The van der Waals surface area contributed by atoms with Crippen molar-refractivity contribution in [3.8, 4) is 0 Å². The molecule has 2 atom stereocenters. The summed E-state index contributed by atoms with van der Waals surface area (Å²) in [6.07, 6.45) is 1.77. The molecule has 0 amide bonds. The van der Waals surface area contributed by atoms with Crippen LogP contribution in [0.5, 0.6) is 0 Å². The fourth-order valence-electron chi connectivity index (χ4n) is 1.18. The average molecular weight is 457 g/mol. The van der Waals surface area contributed by atoms with Gasteiger partial charge in [-0.2, -0.15) is 0 Å². The van der Waals surface area contributed by atoms with Crippen LogP contribution in [-0.4, -0.2) is 45.1 Å². The number of carboxylic acid groups (broad SMARTS) is 4. The summed E-state index contributed by atoms with van der Waals surface area (Å²) in [6, 6.07) is 0. The number of aromatic nitrogens is 2. The summed E-state index contributed by atoms with van der Waals surface area (Å²) in [5, 5.41) is 48.5. The smallest absolute Gasteiger partial charge is 0.550 e. The molecule has 2 N–H and O–H groups in total. The monoisotopic (exact) mass is 454 g/mol. The van der Waals surface area contributed by atoms with Gasteiger partial charge in [0.05, 0.1) is 24.0 Å². The third-order valence-electron chi connectivity index (χ3n) is 2.22. The average Bonchev–Trinajstić information content (AvgIpc) is 2.95. The minimum atomic E-state index is -2.41. The number of carbonyl (C=O) groups is 4. The quantitative estimate of drug-likeness (QED) is 0.292. The predicted molar refractivity (Wildman–Crippen MR) is 61.8 cm³/mol. The molecule has 0 aliphatic heterocycles. The van der Waals surface area contributed by atoms with Crippen molar-refractivity contribution in [2.75, 3.05) is 0 Å². The molecule has 0 aliphatic carbocycles. The van der Waals surface area contributed by atoms with Gasteiger partial charge in [-0.05, 0) is 18.6 Å². The molecular formula is C12H10N2O9Zn2. The maximum Gasteiger partial charge on any atom is 2.00 e. The fraction of sp³-hybridized carbons (Fsp3) is 0.250. The number of carboxylic acids is 4. The van der Waals surface area contributed by atoms with Gasteiger partial charge in [0.1, 0.15) is 6.10 Å². The van der Waals surface area contributed by atoms with Gasteiger partial charge < -0.3 is 49.7 Å². The Bertz CT molecular complexity index is 589. The molecule has 1 heterocycles. The van der Waals surface area contributed by atoms with Crippen molar-refractivity contribution in [2.24, 2.45) is 5.92 Å². The summed E-state index contributed by atoms with van der Waals surface area (Å²) in [4.78, 5) is 46.3. The van der Waals surface area contributed by atoms with E-state index in [1.54, 1.807) is 6.20 Å². The van der Waals surface area contributed by atoms with Crippen molar-refractivity contribution in [3.63, 3.8) is 0 Å². The molecular weight excluding hydrogens is 447 g/mol. The molecule has 1 rings (SSSR count). The molecule has 0 aromatic carbocycles. The Morgan fingerprint density at radius 2 is 1.68 bits per heavy atom. The first-order valence-corrected chi connectivity index (χ1v) is 5.82. The van der Waals surface area contributed by atoms with Crippen LogP contribution in [0.4, 0.5) is 0 Å². The number of nitrogens with one attached hydrogen (secondary N) is 1. The van der Waals surface area contributed by atoms with E-state index in [0.29, 0.717) is 5.69 Å². The largest absolute Gasteiger partial charge is 2.00 e. The van der Waals surface area contributed by atoms with E-state index in [-0.39, 0.29) is 39.0 Å². The van der Waals surface area contributed by atoms with Gasteiger partial charge in [-0.3, -0.25) is 0 Å². The second kappa shape index (κ2) is 14.4. The van der Waals surface area contributed by atoms with E-state index in [2.05, 4.69) is 9.97 Å². The zero-order chi connectivity index (χ0) is 18.0. The standard InChI is InChI=1S/C6H6N2O2.C6H8O7.2Zn/c9-6(10)2-1-5-3-7-4-8-5;7-3(8)1-2(5(10)11)4(9)6(12)13;;/h1-4H,(H,7,8)(H,9,10);2,4,9H,1H2,(H,7,8)(H,10,11)(H,12,13);;/q;;2*+2/p-4. The van der Waals surface area contributed by atoms with Crippen molar-refractivity contribution in [1.29, 1.82) is 0 Å². The summed E-state index contributed by atoms with van der Waals surface area (Å²) in [6.45, 7) is 0. The summed E-state index contributed by atoms with van der Waals surface area (Å²) >= 11 is 0. The van der Waals surface area contributed by atoms with E-state index in [9.17, 15) is 39.6 Å². The Labute approximate surface area is 166 Å². The Kier molecular flexibility index (Phi) is 16.0. The van der Waals surface area contributed by atoms with Crippen LogP contribution in [0.25, 0.3) is 6.08 Å². The molecule has 0 spiro atoms. The van der Waals surface area contributed by atoms with E-state index < -0.39 is 42.3 Å². The van der Waals surface area contributed by atoms with Gasteiger partial charge in [-0.25, -0.2) is 4.98 Å². The Morgan fingerprint density at radius 1 is 1.12 bits per heavy atom. The zero-order valence-electron chi connectivity index (χ0n) is 12.7. The topological polar surface area (TPSA) is 209 Å². The molecule has 0 radical (unpaired) electrons. The van der Waals surface area contributed by atoms with E-state index in [1.165, 1.54) is 12.4 Å². The Morgan fingerprint density at radius 3 is 2.00 bits per heavy atom. The number of carbonyl (C=O) groups excluding carboxylic acids is 4. The van der Waals surface area contributed by atoms with Crippen LogP contribution < -0.4 is 20.4 Å². The minimum absolute atomic E-state index is 0. The van der Waals surface area contributed by atoms with Gasteiger partial charge in [0.2, 0.25) is 0 Å². The first-order chi connectivity index (χ1) is 10.6. The molecule has 11 nitrogen and oxygen atoms in total. The third-order valence-corrected chi connectivity index (χ3v) is 2.22. The van der Waals surface area contributed by atoms with Gasteiger partial charge in [0.15, 0.2) is 0 Å². The summed E-state index contributed by atoms with van der Waals surface area (Å²) < 4.78 is 0. The number of rotatable bonds is 7. The first-order valence-electron chi connectivity index (χ1n) is 5.82. The van der Waals surface area contributed by atoms with Crippen LogP contribution in [-0.2, 0) is 58.1 Å². The maximum absolute atomic E-state index is 10.1. The molecule has 0 saturated carbocycles. The van der Waals surface area contributed by atoms with Crippen LogP contribution in [0.3, 0.4) is 0 Å². The van der Waals surface area contributed by atoms with Crippen LogP contribution in [0.1, 0.15) is 12.1 Å². The van der Waals surface area contributed by atoms with Gasteiger partial charge in [-0.15, -0.1) is 0 Å². The van der Waals surface area contributed by atoms with Crippen molar-refractivity contribution in [3.05, 3.63) is 24.3 Å². The number of imidazole rings is 1. The van der Waals surface area contributed by atoms with Crippen LogP contribution in [0, 0.1) is 5.92 Å². The molecule has 126 valence electrons. The van der Waals surface area contributed by atoms with Crippen molar-refractivity contribution >= 4 is 30.0 Å². The number of aliphatic hydroxyl groups excluding tert-OH is 1.